The largest absolute Gasteiger partial charge is 0.411 e. The molecule has 0 aromatic rings. The summed E-state index contributed by atoms with van der Waals surface area (Å²) in [6.07, 6.45) is 25.5. The molecule has 36 heavy (non-hydrogen) atoms. The maximum absolute atomic E-state index is 7.85. The third-order valence-corrected chi connectivity index (χ3v) is 21.0. The van der Waals surface area contributed by atoms with Crippen LogP contribution in [0, 0.1) is 5.92 Å². The van der Waals surface area contributed by atoms with Gasteiger partial charge in [-0.15, -0.1) is 0 Å². The fraction of sp³-hybridized carbons (Fsp3) is 1.00. The molecule has 4 aliphatic rings. The van der Waals surface area contributed by atoms with Crippen LogP contribution in [0.4, 0.5) is 0 Å². The second kappa shape index (κ2) is 13.8. The monoisotopic (exact) mass is 535 g/mol. The summed E-state index contributed by atoms with van der Waals surface area (Å²) in [5.41, 5.74) is 4.11. The maximum atomic E-state index is 7.85. The van der Waals surface area contributed by atoms with Gasteiger partial charge in [-0.3, -0.25) is 0 Å². The zero-order valence-electron chi connectivity index (χ0n) is 25.1. The molecule has 0 aromatic carbocycles. The molecule has 1 N–H and O–H groups in total. The Bertz CT molecular complexity index is 602. The fourth-order valence-electron chi connectivity index (χ4n) is 9.36. The zero-order chi connectivity index (χ0) is 25.7. The first-order valence-corrected chi connectivity index (χ1v) is 20.3. The zero-order valence-corrected chi connectivity index (χ0v) is 27.0. The van der Waals surface area contributed by atoms with Crippen LogP contribution in [-0.2, 0) is 4.43 Å². The molecule has 0 aromatic heterocycles. The lowest BCUT2D eigenvalue weighted by Crippen LogP contribution is -2.59. The number of hydrogen-bond donors (Lipinski definition) is 1. The van der Waals surface area contributed by atoms with Crippen molar-refractivity contribution in [3.05, 3.63) is 0 Å². The van der Waals surface area contributed by atoms with Crippen molar-refractivity contribution in [2.24, 2.45) is 5.92 Å². The van der Waals surface area contributed by atoms with Gasteiger partial charge in [0.1, 0.15) is 0 Å². The molecule has 4 rings (SSSR count). The van der Waals surface area contributed by atoms with E-state index in [1.54, 1.807) is 0 Å². The number of rotatable bonds is 10. The summed E-state index contributed by atoms with van der Waals surface area (Å²) in [6, 6.07) is 1.37. The first kappa shape index (κ1) is 29.5. The molecule has 3 aliphatic carbocycles. The van der Waals surface area contributed by atoms with Crippen molar-refractivity contribution in [1.82, 2.24) is 5.32 Å². The van der Waals surface area contributed by atoms with Crippen molar-refractivity contribution in [1.29, 1.82) is 0 Å². The molecule has 210 valence electrons. The van der Waals surface area contributed by atoms with Crippen LogP contribution in [0.25, 0.3) is 0 Å². The Balaban J connectivity index is 1.62. The SMILES string of the molecule is CC(C)[Si](OC(CP(C1CCCCC1)C1CCCCC1)C1CCC2CCCCC2N1)(C(C)C)C(C)C. The van der Waals surface area contributed by atoms with E-state index in [9.17, 15) is 0 Å². The Morgan fingerprint density at radius 1 is 0.639 bits per heavy atom. The van der Waals surface area contributed by atoms with Crippen molar-refractivity contribution in [3.8, 4) is 0 Å². The normalized spacial score (nSPS) is 30.3. The van der Waals surface area contributed by atoms with Crippen molar-refractivity contribution in [2.75, 3.05) is 6.16 Å². The number of fused-ring (bicyclic) bond motifs is 1. The molecule has 1 heterocycles. The molecule has 1 saturated heterocycles. The highest BCUT2D eigenvalue weighted by molar-refractivity contribution is 7.59. The van der Waals surface area contributed by atoms with E-state index in [1.165, 1.54) is 109 Å². The van der Waals surface area contributed by atoms with Crippen molar-refractivity contribution >= 4 is 16.2 Å². The second-order valence-corrected chi connectivity index (χ2v) is 22.5. The minimum absolute atomic E-state index is 0.0660. The fourth-order valence-corrected chi connectivity index (χ4v) is 19.1. The third-order valence-electron chi connectivity index (χ3n) is 11.2. The molecule has 0 bridgehead atoms. The highest BCUT2D eigenvalue weighted by atomic mass is 31.1. The smallest absolute Gasteiger partial charge is 0.200 e. The summed E-state index contributed by atoms with van der Waals surface area (Å²) < 4.78 is 7.85. The van der Waals surface area contributed by atoms with E-state index in [0.717, 1.165) is 23.3 Å². The van der Waals surface area contributed by atoms with Gasteiger partial charge in [0.15, 0.2) is 0 Å². The van der Waals surface area contributed by atoms with Gasteiger partial charge in [0.05, 0.1) is 6.10 Å². The van der Waals surface area contributed by atoms with Crippen LogP contribution < -0.4 is 5.32 Å². The molecule has 0 radical (unpaired) electrons. The quantitative estimate of drug-likeness (QED) is 0.222. The van der Waals surface area contributed by atoms with Crippen LogP contribution >= 0.6 is 7.92 Å². The number of piperidine rings is 1. The lowest BCUT2D eigenvalue weighted by Gasteiger charge is -2.50. The van der Waals surface area contributed by atoms with Crippen molar-refractivity contribution < 1.29 is 4.43 Å². The van der Waals surface area contributed by atoms with Gasteiger partial charge >= 0.3 is 0 Å². The summed E-state index contributed by atoms with van der Waals surface area (Å²) in [4.78, 5) is 0. The van der Waals surface area contributed by atoms with Gasteiger partial charge in [-0.25, -0.2) is 0 Å². The van der Waals surface area contributed by atoms with Crippen LogP contribution in [0.15, 0.2) is 0 Å². The first-order valence-electron chi connectivity index (χ1n) is 16.5. The predicted octanol–water partition coefficient (Wildman–Crippen LogP) is 10.0. The third kappa shape index (κ3) is 6.82. The van der Waals surface area contributed by atoms with E-state index >= 15 is 0 Å². The van der Waals surface area contributed by atoms with Crippen LogP contribution in [0.2, 0.25) is 16.6 Å². The minimum Gasteiger partial charge on any atom is -0.411 e. The lowest BCUT2D eigenvalue weighted by atomic mass is 9.77. The van der Waals surface area contributed by atoms with Gasteiger partial charge in [-0.2, -0.15) is 0 Å². The highest BCUT2D eigenvalue weighted by Gasteiger charge is 2.49. The highest BCUT2D eigenvalue weighted by Crippen LogP contribution is 2.57. The van der Waals surface area contributed by atoms with Gasteiger partial charge < -0.3 is 9.74 Å². The first-order chi connectivity index (χ1) is 17.3. The molecule has 4 atom stereocenters. The lowest BCUT2D eigenvalue weighted by molar-refractivity contribution is 0.0879. The molecule has 4 unspecified atom stereocenters. The average molecular weight is 536 g/mol. The molecule has 3 saturated carbocycles. The topological polar surface area (TPSA) is 21.3 Å². The van der Waals surface area contributed by atoms with Gasteiger partial charge in [0.2, 0.25) is 8.32 Å². The Labute approximate surface area is 228 Å². The molecule has 2 nitrogen and oxygen atoms in total. The Morgan fingerprint density at radius 2 is 1.14 bits per heavy atom. The Kier molecular flexibility index (Phi) is 11.3. The van der Waals surface area contributed by atoms with Crippen LogP contribution in [-0.4, -0.2) is 44.0 Å². The summed E-state index contributed by atoms with van der Waals surface area (Å²) in [6.45, 7) is 15.0. The minimum atomic E-state index is -1.91. The van der Waals surface area contributed by atoms with Crippen molar-refractivity contribution in [2.45, 2.75) is 190 Å². The molecule has 0 amide bonds. The van der Waals surface area contributed by atoms with Crippen LogP contribution in [0.5, 0.6) is 0 Å². The van der Waals surface area contributed by atoms with Crippen LogP contribution in [0.1, 0.15) is 144 Å². The molecule has 4 heteroatoms. The van der Waals surface area contributed by atoms with E-state index in [2.05, 4.69) is 46.9 Å². The average Bonchev–Trinajstić information content (AvgIpc) is 2.89. The van der Waals surface area contributed by atoms with E-state index in [-0.39, 0.29) is 7.92 Å². The van der Waals surface area contributed by atoms with E-state index in [0.29, 0.717) is 28.8 Å². The number of nitrogens with one attached hydrogen (secondary N) is 1. The molecule has 0 spiro atoms. The van der Waals surface area contributed by atoms with Crippen LogP contribution in [0.3, 0.4) is 0 Å². The Hall–Kier alpha value is 0.567. The van der Waals surface area contributed by atoms with Gasteiger partial charge in [-0.1, -0.05) is 101 Å². The standard InChI is InChI=1S/C32H62NOPSi/c1-24(2)36(25(3)4,26(5)6)34-32(31-22-21-27-15-13-14-20-30(27)33-31)23-35(28-16-9-7-10-17-28)29-18-11-8-12-19-29/h24-33H,7-23H2,1-6H3. The summed E-state index contributed by atoms with van der Waals surface area (Å²) in [7, 11) is -1.85. The second-order valence-electron chi connectivity index (χ2n) is 14.3. The molecule has 1 aliphatic heterocycles. The van der Waals surface area contributed by atoms with Gasteiger partial charge in [0, 0.05) is 12.1 Å². The summed E-state index contributed by atoms with van der Waals surface area (Å²) in [5, 5.41) is 4.31. The summed E-state index contributed by atoms with van der Waals surface area (Å²) >= 11 is 0. The van der Waals surface area contributed by atoms with Crippen molar-refractivity contribution in [3.63, 3.8) is 0 Å². The predicted molar refractivity (Wildman–Crippen MR) is 163 cm³/mol. The molecular weight excluding hydrogens is 473 g/mol. The van der Waals surface area contributed by atoms with E-state index in [4.69, 9.17) is 4.43 Å². The summed E-state index contributed by atoms with van der Waals surface area (Å²) in [5.74, 6) is 0.941. The van der Waals surface area contributed by atoms with E-state index in [1.807, 2.05) is 0 Å². The molecular formula is C32H62NOPSi. The molecule has 4 fully saturated rings. The van der Waals surface area contributed by atoms with Gasteiger partial charge in [0.25, 0.3) is 0 Å². The Morgan fingerprint density at radius 3 is 1.67 bits per heavy atom. The number of hydrogen-bond acceptors (Lipinski definition) is 2. The van der Waals surface area contributed by atoms with Gasteiger partial charge in [-0.05, 0) is 91.4 Å². The maximum Gasteiger partial charge on any atom is 0.200 e. The van der Waals surface area contributed by atoms with E-state index < -0.39 is 8.32 Å².